The average Bonchev–Trinajstić information content (AvgIpc) is 2.40. The van der Waals surface area contributed by atoms with Crippen molar-refractivity contribution in [3.63, 3.8) is 0 Å². The van der Waals surface area contributed by atoms with Gasteiger partial charge in [-0.1, -0.05) is 36.4 Å². The fourth-order valence-corrected chi connectivity index (χ4v) is 1.82. The van der Waals surface area contributed by atoms with E-state index in [1.54, 1.807) is 24.3 Å². The summed E-state index contributed by atoms with van der Waals surface area (Å²) in [5.41, 5.74) is 2.20. The minimum atomic E-state index is -0.292. The molecular weight excluding hydrogens is 231 g/mol. The molecule has 18 heavy (non-hydrogen) atoms. The van der Waals surface area contributed by atoms with Crippen LogP contribution in [0.2, 0.25) is 0 Å². The van der Waals surface area contributed by atoms with E-state index >= 15 is 0 Å². The molecule has 0 N–H and O–H groups in total. The van der Waals surface area contributed by atoms with Gasteiger partial charge in [0.1, 0.15) is 12.4 Å². The molecule has 2 aromatic carbocycles. The van der Waals surface area contributed by atoms with Gasteiger partial charge in [0, 0.05) is 12.7 Å². The van der Waals surface area contributed by atoms with Crippen molar-refractivity contribution >= 4 is 5.78 Å². The van der Waals surface area contributed by atoms with Crippen LogP contribution in [0.25, 0.3) is 11.1 Å². The summed E-state index contributed by atoms with van der Waals surface area (Å²) in [5.74, 6) is -0.378. The second-order valence-corrected chi connectivity index (χ2v) is 3.91. The second-order valence-electron chi connectivity index (χ2n) is 3.91. The van der Waals surface area contributed by atoms with E-state index in [2.05, 4.69) is 0 Å². The fourth-order valence-electron chi connectivity index (χ4n) is 1.82. The summed E-state index contributed by atoms with van der Waals surface area (Å²) in [4.78, 5) is 11.9. The van der Waals surface area contributed by atoms with Crippen LogP contribution in [0.15, 0.2) is 48.5 Å². The lowest BCUT2D eigenvalue weighted by Gasteiger charge is -2.08. The van der Waals surface area contributed by atoms with Gasteiger partial charge in [-0.25, -0.2) is 4.39 Å². The number of ether oxygens (including phenoxy) is 1. The van der Waals surface area contributed by atoms with Crippen LogP contribution in [-0.4, -0.2) is 19.5 Å². The standard InChI is InChI=1S/C15H13FO2/c1-18-10-15(17)14-5-3-2-4-13(14)11-6-8-12(16)9-7-11/h2-9H,10H2,1H3. The Morgan fingerprint density at radius 1 is 1.11 bits per heavy atom. The third-order valence-electron chi connectivity index (χ3n) is 2.66. The van der Waals surface area contributed by atoms with E-state index in [1.165, 1.54) is 19.2 Å². The molecule has 2 nitrogen and oxygen atoms in total. The van der Waals surface area contributed by atoms with Gasteiger partial charge in [-0.3, -0.25) is 4.79 Å². The van der Waals surface area contributed by atoms with E-state index < -0.39 is 0 Å². The predicted molar refractivity (Wildman–Crippen MR) is 68.0 cm³/mol. The second kappa shape index (κ2) is 5.56. The highest BCUT2D eigenvalue weighted by atomic mass is 19.1. The third-order valence-corrected chi connectivity index (χ3v) is 2.66. The molecule has 0 aliphatic rings. The highest BCUT2D eigenvalue weighted by Crippen LogP contribution is 2.24. The van der Waals surface area contributed by atoms with Crippen molar-refractivity contribution in [1.29, 1.82) is 0 Å². The molecule has 0 aliphatic carbocycles. The molecule has 0 atom stereocenters. The van der Waals surface area contributed by atoms with Gasteiger partial charge in [0.2, 0.25) is 0 Å². The largest absolute Gasteiger partial charge is 0.377 e. The smallest absolute Gasteiger partial charge is 0.189 e. The zero-order valence-corrected chi connectivity index (χ0v) is 10.0. The number of Topliss-reactive ketones (excluding diaryl/α,β-unsaturated/α-hetero) is 1. The van der Waals surface area contributed by atoms with Crippen LogP contribution >= 0.6 is 0 Å². The number of ketones is 1. The van der Waals surface area contributed by atoms with E-state index in [-0.39, 0.29) is 18.2 Å². The number of carbonyl (C=O) groups is 1. The minimum Gasteiger partial charge on any atom is -0.377 e. The highest BCUT2D eigenvalue weighted by Gasteiger charge is 2.11. The average molecular weight is 244 g/mol. The first-order chi connectivity index (χ1) is 8.72. The summed E-state index contributed by atoms with van der Waals surface area (Å²) < 4.78 is 17.8. The van der Waals surface area contributed by atoms with Gasteiger partial charge in [0.25, 0.3) is 0 Å². The van der Waals surface area contributed by atoms with Crippen molar-refractivity contribution < 1.29 is 13.9 Å². The molecule has 3 heteroatoms. The molecule has 0 bridgehead atoms. The van der Waals surface area contributed by atoms with Crippen LogP contribution in [0.4, 0.5) is 4.39 Å². The lowest BCUT2D eigenvalue weighted by molar-refractivity contribution is 0.0848. The van der Waals surface area contributed by atoms with Crippen LogP contribution in [0.1, 0.15) is 10.4 Å². The van der Waals surface area contributed by atoms with Gasteiger partial charge in [-0.2, -0.15) is 0 Å². The molecule has 0 aromatic heterocycles. The summed E-state index contributed by atoms with van der Waals surface area (Å²) >= 11 is 0. The number of rotatable bonds is 4. The van der Waals surface area contributed by atoms with Crippen molar-refractivity contribution in [1.82, 2.24) is 0 Å². The van der Waals surface area contributed by atoms with Crippen molar-refractivity contribution in [2.24, 2.45) is 0 Å². The number of methoxy groups -OCH3 is 1. The fraction of sp³-hybridized carbons (Fsp3) is 0.133. The zero-order chi connectivity index (χ0) is 13.0. The van der Waals surface area contributed by atoms with Crippen molar-refractivity contribution in [3.8, 4) is 11.1 Å². The summed E-state index contributed by atoms with van der Waals surface area (Å²) in [6.07, 6.45) is 0. The first-order valence-electron chi connectivity index (χ1n) is 5.59. The maximum absolute atomic E-state index is 12.9. The maximum Gasteiger partial charge on any atom is 0.189 e. The minimum absolute atomic E-state index is 0.0399. The third kappa shape index (κ3) is 2.63. The molecule has 0 fully saturated rings. The highest BCUT2D eigenvalue weighted by molar-refractivity contribution is 6.03. The van der Waals surface area contributed by atoms with Crippen molar-refractivity contribution in [3.05, 3.63) is 59.9 Å². The first-order valence-corrected chi connectivity index (χ1v) is 5.59. The topological polar surface area (TPSA) is 26.3 Å². The summed E-state index contributed by atoms with van der Waals surface area (Å²) in [5, 5.41) is 0. The lowest BCUT2D eigenvalue weighted by Crippen LogP contribution is -2.08. The maximum atomic E-state index is 12.9. The van der Waals surface area contributed by atoms with Gasteiger partial charge in [-0.05, 0) is 23.3 Å². The number of halogens is 1. The molecule has 0 heterocycles. The Hall–Kier alpha value is -2.00. The number of benzene rings is 2. The Morgan fingerprint density at radius 2 is 1.78 bits per heavy atom. The van der Waals surface area contributed by atoms with Gasteiger partial charge in [0.05, 0.1) is 0 Å². The van der Waals surface area contributed by atoms with E-state index in [0.29, 0.717) is 5.56 Å². The molecule has 92 valence electrons. The van der Waals surface area contributed by atoms with E-state index in [4.69, 9.17) is 4.74 Å². The van der Waals surface area contributed by atoms with Crippen molar-refractivity contribution in [2.75, 3.05) is 13.7 Å². The molecule has 0 radical (unpaired) electrons. The lowest BCUT2D eigenvalue weighted by atomic mass is 9.97. The molecular formula is C15H13FO2. The molecule has 0 spiro atoms. The van der Waals surface area contributed by atoms with Crippen LogP contribution in [-0.2, 0) is 4.74 Å². The molecule has 0 saturated carbocycles. The SMILES string of the molecule is COCC(=O)c1ccccc1-c1ccc(F)cc1. The summed E-state index contributed by atoms with van der Waals surface area (Å²) in [6, 6.07) is 13.3. The summed E-state index contributed by atoms with van der Waals surface area (Å²) in [6.45, 7) is 0.0399. The number of hydrogen-bond donors (Lipinski definition) is 0. The van der Waals surface area contributed by atoms with E-state index in [1.807, 2.05) is 12.1 Å². The Kier molecular flexibility index (Phi) is 3.85. The van der Waals surface area contributed by atoms with Crippen LogP contribution in [0, 0.1) is 5.82 Å². The predicted octanol–water partition coefficient (Wildman–Crippen LogP) is 3.32. The zero-order valence-electron chi connectivity index (χ0n) is 10.0. The van der Waals surface area contributed by atoms with Gasteiger partial charge in [0.15, 0.2) is 5.78 Å². The monoisotopic (exact) mass is 244 g/mol. The van der Waals surface area contributed by atoms with Crippen LogP contribution in [0.3, 0.4) is 0 Å². The normalized spacial score (nSPS) is 10.3. The molecule has 2 rings (SSSR count). The quantitative estimate of drug-likeness (QED) is 0.771. The Labute approximate surface area is 105 Å². The van der Waals surface area contributed by atoms with E-state index in [0.717, 1.165) is 11.1 Å². The van der Waals surface area contributed by atoms with Crippen molar-refractivity contribution in [2.45, 2.75) is 0 Å². The van der Waals surface area contributed by atoms with Gasteiger partial charge >= 0.3 is 0 Å². The molecule has 0 amide bonds. The van der Waals surface area contributed by atoms with Gasteiger partial charge in [-0.15, -0.1) is 0 Å². The van der Waals surface area contributed by atoms with Crippen LogP contribution in [0.5, 0.6) is 0 Å². The first kappa shape index (κ1) is 12.5. The molecule has 0 unspecified atom stereocenters. The number of hydrogen-bond acceptors (Lipinski definition) is 2. The molecule has 2 aromatic rings. The van der Waals surface area contributed by atoms with E-state index in [9.17, 15) is 9.18 Å². The Balaban J connectivity index is 2.44. The summed E-state index contributed by atoms with van der Waals surface area (Å²) in [7, 11) is 1.48. The molecule has 0 saturated heterocycles. The van der Waals surface area contributed by atoms with Crippen LogP contribution < -0.4 is 0 Å². The Morgan fingerprint density at radius 3 is 2.44 bits per heavy atom. The Bertz CT molecular complexity index is 547. The van der Waals surface area contributed by atoms with Gasteiger partial charge < -0.3 is 4.74 Å². The number of carbonyl (C=O) groups excluding carboxylic acids is 1. The molecule has 0 aliphatic heterocycles.